The molecule has 2 nitrogen and oxygen atoms in total. The molecule has 0 radical (unpaired) electrons. The van der Waals surface area contributed by atoms with Gasteiger partial charge in [-0.05, 0) is 36.6 Å². The Kier molecular flexibility index (Phi) is 4.40. The molecule has 1 aromatic carbocycles. The van der Waals surface area contributed by atoms with Crippen LogP contribution in [0.15, 0.2) is 18.2 Å². The summed E-state index contributed by atoms with van der Waals surface area (Å²) in [6.45, 7) is 3.65. The summed E-state index contributed by atoms with van der Waals surface area (Å²) in [5, 5.41) is 0. The number of hydrogen-bond acceptors (Lipinski definition) is 2. The van der Waals surface area contributed by atoms with Crippen LogP contribution in [-0.2, 0) is 9.53 Å². The van der Waals surface area contributed by atoms with Crippen molar-refractivity contribution in [3.8, 4) is 0 Å². The molecule has 0 aliphatic carbocycles. The van der Waals surface area contributed by atoms with Crippen LogP contribution in [0.2, 0.25) is 0 Å². The van der Waals surface area contributed by atoms with Crippen molar-refractivity contribution in [3.63, 3.8) is 0 Å². The average Bonchev–Trinajstić information content (AvgIpc) is 2.21. The van der Waals surface area contributed by atoms with Gasteiger partial charge in [0.15, 0.2) is 0 Å². The molecule has 0 aliphatic rings. The van der Waals surface area contributed by atoms with Crippen LogP contribution in [-0.4, -0.2) is 12.6 Å². The summed E-state index contributed by atoms with van der Waals surface area (Å²) >= 11 is 0. The van der Waals surface area contributed by atoms with Gasteiger partial charge in [-0.25, -0.2) is 8.78 Å². The van der Waals surface area contributed by atoms with E-state index in [4.69, 9.17) is 4.74 Å². The molecule has 88 valence electrons. The monoisotopic (exact) mass is 228 g/mol. The first-order chi connectivity index (χ1) is 7.54. The summed E-state index contributed by atoms with van der Waals surface area (Å²) in [5.41, 5.74) is 0.202. The molecule has 0 saturated carbocycles. The van der Waals surface area contributed by atoms with Crippen molar-refractivity contribution >= 4 is 5.97 Å². The maximum Gasteiger partial charge on any atom is 0.306 e. The number of halogens is 2. The fraction of sp³-hybridized carbons (Fsp3) is 0.417. The highest BCUT2D eigenvalue weighted by Crippen LogP contribution is 2.23. The lowest BCUT2D eigenvalue weighted by Gasteiger charge is -2.12. The van der Waals surface area contributed by atoms with Crippen molar-refractivity contribution in [2.45, 2.75) is 26.2 Å². The zero-order valence-corrected chi connectivity index (χ0v) is 9.30. The molecule has 0 fully saturated rings. The molecule has 0 N–H and O–H groups in total. The number of rotatable bonds is 4. The summed E-state index contributed by atoms with van der Waals surface area (Å²) in [5.74, 6) is -1.81. The molecule has 1 atom stereocenters. The fourth-order valence-corrected chi connectivity index (χ4v) is 1.47. The van der Waals surface area contributed by atoms with Gasteiger partial charge in [0.2, 0.25) is 0 Å². The average molecular weight is 228 g/mol. The summed E-state index contributed by atoms with van der Waals surface area (Å²) in [6.07, 6.45) is 0.0498. The zero-order chi connectivity index (χ0) is 12.1. The molecule has 0 amide bonds. The predicted molar refractivity (Wildman–Crippen MR) is 56.0 cm³/mol. The highest BCUT2D eigenvalue weighted by molar-refractivity contribution is 5.70. The van der Waals surface area contributed by atoms with Crippen LogP contribution < -0.4 is 0 Å². The minimum atomic E-state index is -0.507. The van der Waals surface area contributed by atoms with Gasteiger partial charge in [0.25, 0.3) is 0 Å². The van der Waals surface area contributed by atoms with E-state index >= 15 is 0 Å². The summed E-state index contributed by atoms with van der Waals surface area (Å²) in [4.78, 5) is 11.2. The molecule has 0 bridgehead atoms. The first kappa shape index (κ1) is 12.6. The molecule has 0 saturated heterocycles. The molecule has 0 spiro atoms. The van der Waals surface area contributed by atoms with E-state index in [1.807, 2.05) is 0 Å². The molecule has 0 aromatic heterocycles. The van der Waals surface area contributed by atoms with Gasteiger partial charge in [-0.1, -0.05) is 6.92 Å². The SMILES string of the molecule is CCOC(=O)CC(C)c1cc(F)ccc1F. The Balaban J connectivity index is 2.76. The Morgan fingerprint density at radius 2 is 2.12 bits per heavy atom. The second kappa shape index (κ2) is 5.58. The maximum absolute atomic E-state index is 13.3. The number of benzene rings is 1. The van der Waals surface area contributed by atoms with Crippen LogP contribution in [0.5, 0.6) is 0 Å². The van der Waals surface area contributed by atoms with E-state index in [0.717, 1.165) is 18.2 Å². The van der Waals surface area contributed by atoms with Crippen molar-refractivity contribution in [2.75, 3.05) is 6.61 Å². The number of esters is 1. The minimum Gasteiger partial charge on any atom is -0.466 e. The van der Waals surface area contributed by atoms with E-state index in [1.165, 1.54) is 0 Å². The third-order valence-electron chi connectivity index (χ3n) is 2.27. The van der Waals surface area contributed by atoms with E-state index < -0.39 is 23.5 Å². The first-order valence-corrected chi connectivity index (χ1v) is 5.15. The molecule has 1 unspecified atom stereocenters. The van der Waals surface area contributed by atoms with Crippen molar-refractivity contribution < 1.29 is 18.3 Å². The Labute approximate surface area is 93.2 Å². The standard InChI is InChI=1S/C12H14F2O2/c1-3-16-12(15)6-8(2)10-7-9(13)4-5-11(10)14/h4-5,7-8H,3,6H2,1-2H3. The zero-order valence-electron chi connectivity index (χ0n) is 9.30. The highest BCUT2D eigenvalue weighted by atomic mass is 19.1. The van der Waals surface area contributed by atoms with Crippen molar-refractivity contribution in [1.82, 2.24) is 0 Å². The van der Waals surface area contributed by atoms with E-state index in [1.54, 1.807) is 13.8 Å². The van der Waals surface area contributed by atoms with Gasteiger partial charge in [0.1, 0.15) is 11.6 Å². The molecule has 0 aliphatic heterocycles. The first-order valence-electron chi connectivity index (χ1n) is 5.15. The van der Waals surface area contributed by atoms with Gasteiger partial charge in [-0.15, -0.1) is 0 Å². The third-order valence-corrected chi connectivity index (χ3v) is 2.27. The molecule has 0 heterocycles. The molecule has 1 aromatic rings. The lowest BCUT2D eigenvalue weighted by molar-refractivity contribution is -0.143. The number of hydrogen-bond donors (Lipinski definition) is 0. The van der Waals surface area contributed by atoms with E-state index in [-0.39, 0.29) is 18.6 Å². The Bertz CT molecular complexity index is 377. The largest absolute Gasteiger partial charge is 0.466 e. The Hall–Kier alpha value is -1.45. The second-order valence-corrected chi connectivity index (χ2v) is 3.58. The van der Waals surface area contributed by atoms with Gasteiger partial charge >= 0.3 is 5.97 Å². The van der Waals surface area contributed by atoms with Gasteiger partial charge in [0.05, 0.1) is 13.0 Å². The lowest BCUT2D eigenvalue weighted by atomic mass is 9.97. The number of carbonyl (C=O) groups is 1. The topological polar surface area (TPSA) is 26.3 Å². The summed E-state index contributed by atoms with van der Waals surface area (Å²) in [6, 6.07) is 3.22. The summed E-state index contributed by atoms with van der Waals surface area (Å²) < 4.78 is 31.0. The second-order valence-electron chi connectivity index (χ2n) is 3.58. The Morgan fingerprint density at radius 1 is 1.44 bits per heavy atom. The smallest absolute Gasteiger partial charge is 0.306 e. The third kappa shape index (κ3) is 3.29. The molecular weight excluding hydrogens is 214 g/mol. The summed E-state index contributed by atoms with van der Waals surface area (Å²) in [7, 11) is 0. The number of ether oxygens (including phenoxy) is 1. The van der Waals surface area contributed by atoms with E-state index in [0.29, 0.717) is 0 Å². The van der Waals surface area contributed by atoms with Crippen LogP contribution in [0.3, 0.4) is 0 Å². The van der Waals surface area contributed by atoms with Crippen LogP contribution in [0.4, 0.5) is 8.78 Å². The van der Waals surface area contributed by atoms with Gasteiger partial charge < -0.3 is 4.74 Å². The van der Waals surface area contributed by atoms with Crippen molar-refractivity contribution in [3.05, 3.63) is 35.4 Å². The Morgan fingerprint density at radius 3 is 2.75 bits per heavy atom. The van der Waals surface area contributed by atoms with Crippen molar-refractivity contribution in [1.29, 1.82) is 0 Å². The van der Waals surface area contributed by atoms with Crippen LogP contribution >= 0.6 is 0 Å². The maximum atomic E-state index is 13.3. The minimum absolute atomic E-state index is 0.0498. The van der Waals surface area contributed by atoms with Crippen LogP contribution in [0, 0.1) is 11.6 Å². The predicted octanol–water partition coefficient (Wildman–Crippen LogP) is 3.02. The van der Waals surface area contributed by atoms with E-state index in [9.17, 15) is 13.6 Å². The van der Waals surface area contributed by atoms with Gasteiger partial charge in [0, 0.05) is 0 Å². The molecular formula is C12H14F2O2. The normalized spacial score (nSPS) is 12.2. The fourth-order valence-electron chi connectivity index (χ4n) is 1.47. The molecule has 1 rings (SSSR count). The highest BCUT2D eigenvalue weighted by Gasteiger charge is 2.16. The molecule has 16 heavy (non-hydrogen) atoms. The van der Waals surface area contributed by atoms with Crippen LogP contribution in [0.25, 0.3) is 0 Å². The van der Waals surface area contributed by atoms with Crippen LogP contribution in [0.1, 0.15) is 31.7 Å². The molecule has 4 heteroatoms. The van der Waals surface area contributed by atoms with Crippen molar-refractivity contribution in [2.24, 2.45) is 0 Å². The van der Waals surface area contributed by atoms with Gasteiger partial charge in [-0.2, -0.15) is 0 Å². The lowest BCUT2D eigenvalue weighted by Crippen LogP contribution is -2.09. The quantitative estimate of drug-likeness (QED) is 0.740. The van der Waals surface area contributed by atoms with E-state index in [2.05, 4.69) is 0 Å². The number of carbonyl (C=O) groups excluding carboxylic acids is 1. The van der Waals surface area contributed by atoms with Gasteiger partial charge in [-0.3, -0.25) is 4.79 Å².